The van der Waals surface area contributed by atoms with Gasteiger partial charge >= 0.3 is 0 Å². The molecule has 0 atom stereocenters. The quantitative estimate of drug-likeness (QED) is 0.374. The largest absolute Gasteiger partial charge is 0.279 e. The first-order chi connectivity index (χ1) is 6.45. The molecular weight excluding hydrogens is 172 g/mol. The Bertz CT molecular complexity index is 371. The molecule has 0 saturated carbocycles. The standard InChI is InChI=1S/C13H14O/c1-5-12(14)10-6-8-11(9-7-10)13(2,3)4/h1,6-9H,2-4H3. The Morgan fingerprint density at radius 1 is 1.21 bits per heavy atom. The smallest absolute Gasteiger partial charge is 0.235 e. The Kier molecular flexibility index (Phi) is 2.76. The van der Waals surface area contributed by atoms with Gasteiger partial charge in [0.2, 0.25) is 5.78 Å². The lowest BCUT2D eigenvalue weighted by atomic mass is 9.86. The number of hydrogen-bond donors (Lipinski definition) is 0. The van der Waals surface area contributed by atoms with Crippen molar-refractivity contribution in [1.82, 2.24) is 0 Å². The minimum atomic E-state index is -0.259. The van der Waals surface area contributed by atoms with Crippen LogP contribution in [0.4, 0.5) is 0 Å². The predicted molar refractivity (Wildman–Crippen MR) is 58.3 cm³/mol. The zero-order valence-corrected chi connectivity index (χ0v) is 8.79. The van der Waals surface area contributed by atoms with E-state index in [0.717, 1.165) is 0 Å². The van der Waals surface area contributed by atoms with Crippen molar-refractivity contribution in [3.63, 3.8) is 0 Å². The monoisotopic (exact) mass is 186 g/mol. The molecule has 1 rings (SSSR count). The third-order valence-electron chi connectivity index (χ3n) is 2.14. The first-order valence-electron chi connectivity index (χ1n) is 4.56. The molecule has 72 valence electrons. The highest BCUT2D eigenvalue weighted by Gasteiger charge is 2.13. The molecule has 0 heterocycles. The van der Waals surface area contributed by atoms with Crippen LogP contribution < -0.4 is 0 Å². The van der Waals surface area contributed by atoms with Gasteiger partial charge < -0.3 is 0 Å². The number of Topliss-reactive ketones (excluding diaryl/α,β-unsaturated/α-hetero) is 1. The van der Waals surface area contributed by atoms with E-state index in [1.165, 1.54) is 5.56 Å². The summed E-state index contributed by atoms with van der Waals surface area (Å²) in [5.41, 5.74) is 1.89. The fourth-order valence-electron chi connectivity index (χ4n) is 1.20. The number of terminal acetylenes is 1. The first kappa shape index (κ1) is 10.5. The Labute approximate surface area is 85.1 Å². The van der Waals surface area contributed by atoms with Gasteiger partial charge in [-0.15, -0.1) is 6.42 Å². The third kappa shape index (κ3) is 2.23. The van der Waals surface area contributed by atoms with Crippen LogP contribution in [0.15, 0.2) is 24.3 Å². The summed E-state index contributed by atoms with van der Waals surface area (Å²) in [6.07, 6.45) is 5.03. The Balaban J connectivity index is 3.02. The van der Waals surface area contributed by atoms with Crippen molar-refractivity contribution in [2.45, 2.75) is 26.2 Å². The van der Waals surface area contributed by atoms with Crippen LogP contribution in [0.2, 0.25) is 0 Å². The van der Waals surface area contributed by atoms with E-state index in [0.29, 0.717) is 5.56 Å². The average molecular weight is 186 g/mol. The zero-order chi connectivity index (χ0) is 10.8. The molecule has 1 heteroatoms. The SMILES string of the molecule is C#CC(=O)c1ccc(C(C)(C)C)cc1. The minimum absolute atomic E-state index is 0.109. The number of rotatable bonds is 1. The topological polar surface area (TPSA) is 17.1 Å². The van der Waals surface area contributed by atoms with E-state index < -0.39 is 0 Å². The van der Waals surface area contributed by atoms with Crippen molar-refractivity contribution in [3.05, 3.63) is 35.4 Å². The average Bonchev–Trinajstić information content (AvgIpc) is 2.15. The van der Waals surface area contributed by atoms with E-state index in [9.17, 15) is 4.79 Å². The van der Waals surface area contributed by atoms with Gasteiger partial charge in [0.15, 0.2) is 0 Å². The molecule has 14 heavy (non-hydrogen) atoms. The molecular formula is C13H14O. The lowest BCUT2D eigenvalue weighted by molar-refractivity contribution is 0.105. The minimum Gasteiger partial charge on any atom is -0.279 e. The van der Waals surface area contributed by atoms with Gasteiger partial charge in [-0.1, -0.05) is 45.0 Å². The van der Waals surface area contributed by atoms with Crippen LogP contribution in [-0.2, 0) is 5.41 Å². The second-order valence-corrected chi connectivity index (χ2v) is 4.30. The van der Waals surface area contributed by atoms with E-state index >= 15 is 0 Å². The summed E-state index contributed by atoms with van der Waals surface area (Å²) in [6, 6.07) is 7.46. The molecule has 0 aromatic heterocycles. The van der Waals surface area contributed by atoms with Gasteiger partial charge in [-0.05, 0) is 16.9 Å². The van der Waals surface area contributed by atoms with Gasteiger partial charge in [-0.2, -0.15) is 0 Å². The highest BCUT2D eigenvalue weighted by Crippen LogP contribution is 2.22. The predicted octanol–water partition coefficient (Wildman–Crippen LogP) is 2.80. The highest BCUT2D eigenvalue weighted by molar-refractivity contribution is 6.08. The van der Waals surface area contributed by atoms with Crippen molar-refractivity contribution in [2.24, 2.45) is 0 Å². The molecule has 0 unspecified atom stereocenters. The van der Waals surface area contributed by atoms with Gasteiger partial charge in [-0.3, -0.25) is 4.79 Å². The maximum absolute atomic E-state index is 11.1. The molecule has 0 aliphatic rings. The Morgan fingerprint density at radius 2 is 1.71 bits per heavy atom. The second-order valence-electron chi connectivity index (χ2n) is 4.30. The number of hydrogen-bond acceptors (Lipinski definition) is 1. The number of carbonyl (C=O) groups is 1. The molecule has 0 N–H and O–H groups in total. The number of benzene rings is 1. The maximum atomic E-state index is 11.1. The van der Waals surface area contributed by atoms with Crippen LogP contribution >= 0.6 is 0 Å². The van der Waals surface area contributed by atoms with Gasteiger partial charge in [0.05, 0.1) is 0 Å². The van der Waals surface area contributed by atoms with E-state index in [1.807, 2.05) is 12.1 Å². The summed E-state index contributed by atoms with van der Waals surface area (Å²) < 4.78 is 0. The Hall–Kier alpha value is -1.55. The summed E-state index contributed by atoms with van der Waals surface area (Å²) >= 11 is 0. The van der Waals surface area contributed by atoms with Gasteiger partial charge in [-0.25, -0.2) is 0 Å². The maximum Gasteiger partial charge on any atom is 0.235 e. The van der Waals surface area contributed by atoms with Gasteiger partial charge in [0, 0.05) is 5.56 Å². The van der Waals surface area contributed by atoms with Crippen LogP contribution in [0.3, 0.4) is 0 Å². The molecule has 0 aliphatic carbocycles. The summed E-state index contributed by atoms with van der Waals surface area (Å²) in [5.74, 6) is 1.84. The van der Waals surface area contributed by atoms with E-state index in [-0.39, 0.29) is 11.2 Å². The van der Waals surface area contributed by atoms with E-state index in [2.05, 4.69) is 26.7 Å². The van der Waals surface area contributed by atoms with Crippen molar-refractivity contribution in [2.75, 3.05) is 0 Å². The molecule has 1 aromatic carbocycles. The van der Waals surface area contributed by atoms with Crippen LogP contribution in [0, 0.1) is 12.3 Å². The molecule has 1 aromatic rings. The lowest BCUT2D eigenvalue weighted by Crippen LogP contribution is -2.11. The molecule has 0 radical (unpaired) electrons. The number of ketones is 1. The zero-order valence-electron chi connectivity index (χ0n) is 8.79. The van der Waals surface area contributed by atoms with Crippen LogP contribution in [0.1, 0.15) is 36.7 Å². The molecule has 0 spiro atoms. The third-order valence-corrected chi connectivity index (χ3v) is 2.14. The van der Waals surface area contributed by atoms with E-state index in [1.54, 1.807) is 12.1 Å². The van der Waals surface area contributed by atoms with Crippen molar-refractivity contribution in [1.29, 1.82) is 0 Å². The van der Waals surface area contributed by atoms with Crippen molar-refractivity contribution in [3.8, 4) is 12.3 Å². The summed E-state index contributed by atoms with van der Waals surface area (Å²) in [4.78, 5) is 11.1. The normalized spacial score (nSPS) is 10.7. The molecule has 0 amide bonds. The lowest BCUT2D eigenvalue weighted by Gasteiger charge is -2.18. The molecule has 1 nitrogen and oxygen atoms in total. The molecule has 0 saturated heterocycles. The molecule has 0 bridgehead atoms. The van der Waals surface area contributed by atoms with Gasteiger partial charge in [0.25, 0.3) is 0 Å². The van der Waals surface area contributed by atoms with Crippen molar-refractivity contribution < 1.29 is 4.79 Å². The van der Waals surface area contributed by atoms with E-state index in [4.69, 9.17) is 6.42 Å². The van der Waals surface area contributed by atoms with Crippen LogP contribution in [-0.4, -0.2) is 5.78 Å². The fourth-order valence-corrected chi connectivity index (χ4v) is 1.20. The first-order valence-corrected chi connectivity index (χ1v) is 4.56. The molecule has 0 aliphatic heterocycles. The highest BCUT2D eigenvalue weighted by atomic mass is 16.1. The molecule has 0 fully saturated rings. The van der Waals surface area contributed by atoms with Crippen LogP contribution in [0.25, 0.3) is 0 Å². The second kappa shape index (κ2) is 3.67. The van der Waals surface area contributed by atoms with Crippen LogP contribution in [0.5, 0.6) is 0 Å². The Morgan fingerprint density at radius 3 is 2.07 bits per heavy atom. The summed E-state index contributed by atoms with van der Waals surface area (Å²) in [7, 11) is 0. The summed E-state index contributed by atoms with van der Waals surface area (Å²) in [5, 5.41) is 0. The summed E-state index contributed by atoms with van der Waals surface area (Å²) in [6.45, 7) is 6.39. The van der Waals surface area contributed by atoms with Crippen molar-refractivity contribution >= 4 is 5.78 Å². The fraction of sp³-hybridized carbons (Fsp3) is 0.308. The van der Waals surface area contributed by atoms with Gasteiger partial charge in [0.1, 0.15) is 0 Å². The number of carbonyl (C=O) groups excluding carboxylic acids is 1.